The Morgan fingerprint density at radius 2 is 2.00 bits per heavy atom. The van der Waals surface area contributed by atoms with E-state index in [9.17, 15) is 9.59 Å². The van der Waals surface area contributed by atoms with E-state index >= 15 is 0 Å². The first-order valence-corrected chi connectivity index (χ1v) is 11.2. The van der Waals surface area contributed by atoms with Crippen molar-refractivity contribution >= 4 is 22.8 Å². The molecular formula is C24H32N4O4. The number of benzene rings is 1. The van der Waals surface area contributed by atoms with Crippen molar-refractivity contribution in [3.63, 3.8) is 0 Å². The molecule has 172 valence electrons. The summed E-state index contributed by atoms with van der Waals surface area (Å²) in [5, 5.41) is 1.04. The number of ether oxygens (including phenoxy) is 2. The summed E-state index contributed by atoms with van der Waals surface area (Å²) >= 11 is 0. The molecule has 3 atom stereocenters. The van der Waals surface area contributed by atoms with Gasteiger partial charge in [0.2, 0.25) is 0 Å². The molecule has 8 nitrogen and oxygen atoms in total. The van der Waals surface area contributed by atoms with Gasteiger partial charge in [-0.2, -0.15) is 0 Å². The van der Waals surface area contributed by atoms with Gasteiger partial charge in [0.25, 0.3) is 0 Å². The number of rotatable bonds is 7. The molecule has 32 heavy (non-hydrogen) atoms. The minimum Gasteiger partial charge on any atom is -0.431 e. The molecule has 8 heteroatoms. The fourth-order valence-electron chi connectivity index (χ4n) is 4.68. The topological polar surface area (TPSA) is 90.0 Å². The van der Waals surface area contributed by atoms with Gasteiger partial charge < -0.3 is 29.6 Å². The van der Waals surface area contributed by atoms with E-state index in [1.54, 1.807) is 6.92 Å². The second-order valence-corrected chi connectivity index (χ2v) is 8.67. The van der Waals surface area contributed by atoms with Crippen molar-refractivity contribution in [1.29, 1.82) is 0 Å². The summed E-state index contributed by atoms with van der Waals surface area (Å²) in [6.45, 7) is 5.00. The number of para-hydroxylation sites is 1. The van der Waals surface area contributed by atoms with Gasteiger partial charge in [0, 0.05) is 54.1 Å². The highest BCUT2D eigenvalue weighted by atomic mass is 16.7. The van der Waals surface area contributed by atoms with Crippen molar-refractivity contribution < 1.29 is 19.1 Å². The number of hydrogen-bond donors (Lipinski definition) is 1. The van der Waals surface area contributed by atoms with Crippen LogP contribution in [0.25, 0.3) is 10.9 Å². The zero-order valence-corrected chi connectivity index (χ0v) is 19.0. The molecule has 4 rings (SSSR count). The summed E-state index contributed by atoms with van der Waals surface area (Å²) in [4.78, 5) is 29.3. The van der Waals surface area contributed by atoms with Crippen LogP contribution in [0.4, 0.5) is 4.79 Å². The number of carbonyl (C=O) groups is 2. The number of aromatic nitrogens is 1. The number of fused-ring (bicyclic) bond motifs is 3. The lowest BCUT2D eigenvalue weighted by Crippen LogP contribution is -2.42. The second kappa shape index (κ2) is 9.24. The number of nitrogens with two attached hydrogens (primary N) is 1. The first-order valence-electron chi connectivity index (χ1n) is 11.2. The van der Waals surface area contributed by atoms with E-state index < -0.39 is 6.16 Å². The number of aryl methyl sites for hydroxylation is 1. The zero-order valence-electron chi connectivity index (χ0n) is 19.0. The van der Waals surface area contributed by atoms with Crippen molar-refractivity contribution in [2.24, 2.45) is 18.7 Å². The van der Waals surface area contributed by atoms with Crippen molar-refractivity contribution in [2.75, 3.05) is 19.8 Å². The highest BCUT2D eigenvalue weighted by molar-refractivity contribution is 6.11. The third-order valence-electron chi connectivity index (χ3n) is 6.62. The van der Waals surface area contributed by atoms with E-state index in [1.165, 1.54) is 0 Å². The van der Waals surface area contributed by atoms with Gasteiger partial charge in [-0.1, -0.05) is 18.2 Å². The summed E-state index contributed by atoms with van der Waals surface area (Å²) in [6.07, 6.45) is 5.17. The standard InChI is InChI=1S/C24H32N4O4/c1-16(10-11-25)32-24(30)31-15-28-13-12-27(17(28)2)14-18-8-9-21-22(23(18)29)19-6-4-5-7-20(19)26(21)3/h4-7,12-13,16-18H,8-11,14-15,25H2,1-3H3. The third-order valence-corrected chi connectivity index (χ3v) is 6.62. The highest BCUT2D eigenvalue weighted by Crippen LogP contribution is 2.34. The average molecular weight is 441 g/mol. The van der Waals surface area contributed by atoms with Crippen molar-refractivity contribution in [1.82, 2.24) is 14.4 Å². The number of nitrogens with zero attached hydrogens (tertiary/aromatic N) is 3. The Morgan fingerprint density at radius 1 is 1.25 bits per heavy atom. The zero-order chi connectivity index (χ0) is 22.8. The molecule has 0 saturated carbocycles. The third kappa shape index (κ3) is 4.19. The molecule has 2 aliphatic rings. The van der Waals surface area contributed by atoms with Crippen LogP contribution < -0.4 is 5.73 Å². The van der Waals surface area contributed by atoms with E-state index in [2.05, 4.69) is 15.5 Å². The van der Waals surface area contributed by atoms with E-state index in [4.69, 9.17) is 15.2 Å². The number of carbonyl (C=O) groups excluding carboxylic acids is 2. The Balaban J connectivity index is 1.36. The van der Waals surface area contributed by atoms with Crippen LogP contribution in [0.2, 0.25) is 0 Å². The fourth-order valence-corrected chi connectivity index (χ4v) is 4.68. The first kappa shape index (κ1) is 22.2. The molecule has 0 radical (unpaired) electrons. The molecule has 0 spiro atoms. The van der Waals surface area contributed by atoms with Crippen LogP contribution >= 0.6 is 0 Å². The Kier molecular flexibility index (Phi) is 6.41. The van der Waals surface area contributed by atoms with Crippen LogP contribution in [0.15, 0.2) is 36.7 Å². The van der Waals surface area contributed by atoms with Gasteiger partial charge in [-0.15, -0.1) is 0 Å². The Hall–Kier alpha value is -3.00. The van der Waals surface area contributed by atoms with Gasteiger partial charge in [-0.25, -0.2) is 4.79 Å². The van der Waals surface area contributed by atoms with Gasteiger partial charge in [-0.3, -0.25) is 4.79 Å². The molecule has 2 N–H and O–H groups in total. The Bertz CT molecular complexity index is 1030. The molecule has 1 aliphatic carbocycles. The van der Waals surface area contributed by atoms with E-state index in [-0.39, 0.29) is 30.7 Å². The predicted octanol–water partition coefficient (Wildman–Crippen LogP) is 3.21. The molecule has 3 unspecified atom stereocenters. The van der Waals surface area contributed by atoms with Gasteiger partial charge >= 0.3 is 6.16 Å². The monoisotopic (exact) mass is 440 g/mol. The molecule has 1 aromatic carbocycles. The van der Waals surface area contributed by atoms with Crippen LogP contribution in [0, 0.1) is 5.92 Å². The van der Waals surface area contributed by atoms with Crippen LogP contribution in [0.3, 0.4) is 0 Å². The number of hydrogen-bond acceptors (Lipinski definition) is 7. The summed E-state index contributed by atoms with van der Waals surface area (Å²) in [7, 11) is 2.04. The quantitative estimate of drug-likeness (QED) is 0.661. The molecule has 0 amide bonds. The van der Waals surface area contributed by atoms with Crippen LogP contribution in [0.5, 0.6) is 0 Å². The minimum absolute atomic E-state index is 0.0222. The van der Waals surface area contributed by atoms with Crippen LogP contribution in [0.1, 0.15) is 42.7 Å². The van der Waals surface area contributed by atoms with Crippen molar-refractivity contribution in [3.05, 3.63) is 47.9 Å². The Labute approximate surface area is 188 Å². The second-order valence-electron chi connectivity index (χ2n) is 8.67. The first-order chi connectivity index (χ1) is 15.4. The maximum Gasteiger partial charge on any atom is 0.510 e. The van der Waals surface area contributed by atoms with Gasteiger partial charge in [0.15, 0.2) is 12.5 Å². The summed E-state index contributed by atoms with van der Waals surface area (Å²) in [5.74, 6) is 0.152. The molecular weight excluding hydrogens is 408 g/mol. The van der Waals surface area contributed by atoms with Crippen LogP contribution in [-0.2, 0) is 22.9 Å². The molecule has 1 aromatic heterocycles. The fraction of sp³-hybridized carbons (Fsp3) is 0.500. The van der Waals surface area contributed by atoms with Crippen molar-refractivity contribution in [3.8, 4) is 0 Å². The minimum atomic E-state index is -0.698. The largest absolute Gasteiger partial charge is 0.510 e. The van der Waals surface area contributed by atoms with Crippen LogP contribution in [-0.4, -0.2) is 58.4 Å². The van der Waals surface area contributed by atoms with Gasteiger partial charge in [0.1, 0.15) is 12.3 Å². The average Bonchev–Trinajstić information content (AvgIpc) is 3.26. The molecule has 0 fully saturated rings. The molecule has 2 heterocycles. The summed E-state index contributed by atoms with van der Waals surface area (Å²) in [5.41, 5.74) is 8.60. The Morgan fingerprint density at radius 3 is 2.78 bits per heavy atom. The number of Topliss-reactive ketones (excluding diaryl/α,β-unsaturated/α-hetero) is 1. The van der Waals surface area contributed by atoms with E-state index in [0.29, 0.717) is 19.5 Å². The van der Waals surface area contributed by atoms with Gasteiger partial charge in [0.05, 0.1) is 0 Å². The SMILES string of the molecule is CC(CCN)OC(=O)OCN1C=CN(CC2CCc3c(c4ccccc4n3C)C2=O)C1C. The number of ketones is 1. The highest BCUT2D eigenvalue weighted by Gasteiger charge is 2.34. The van der Waals surface area contributed by atoms with E-state index in [1.807, 2.05) is 49.5 Å². The predicted molar refractivity (Wildman–Crippen MR) is 122 cm³/mol. The normalized spacial score (nSPS) is 21.2. The maximum atomic E-state index is 13.4. The molecule has 1 aliphatic heterocycles. The van der Waals surface area contributed by atoms with Crippen molar-refractivity contribution in [2.45, 2.75) is 45.4 Å². The summed E-state index contributed by atoms with van der Waals surface area (Å²) < 4.78 is 12.6. The lowest BCUT2D eigenvalue weighted by Gasteiger charge is -2.32. The molecule has 0 saturated heterocycles. The lowest BCUT2D eigenvalue weighted by molar-refractivity contribution is -0.0103. The lowest BCUT2D eigenvalue weighted by atomic mass is 9.84. The molecule has 2 aromatic rings. The van der Waals surface area contributed by atoms with E-state index in [0.717, 1.165) is 35.0 Å². The van der Waals surface area contributed by atoms with Gasteiger partial charge in [-0.05, 0) is 45.7 Å². The maximum absolute atomic E-state index is 13.4. The smallest absolute Gasteiger partial charge is 0.431 e. The summed E-state index contributed by atoms with van der Waals surface area (Å²) in [6, 6.07) is 8.11. The molecule has 0 bridgehead atoms.